The number of carbonyl (C=O) groups excluding carboxylic acids is 1. The van der Waals surface area contributed by atoms with E-state index < -0.39 is 0 Å². The predicted octanol–water partition coefficient (Wildman–Crippen LogP) is 8.88. The number of thiophene rings is 6. The monoisotopic (exact) mass is 672 g/mol. The summed E-state index contributed by atoms with van der Waals surface area (Å²) in [5.74, 6) is 32.1. The third-order valence-corrected chi connectivity index (χ3v) is 11.0. The Labute approximate surface area is 279 Å². The van der Waals surface area contributed by atoms with Gasteiger partial charge in [0, 0.05) is 0 Å². The number of hydrogen-bond acceptors (Lipinski definition) is 8. The molecule has 0 unspecified atom stereocenters. The van der Waals surface area contributed by atoms with E-state index in [1.807, 2.05) is 66.7 Å². The highest BCUT2D eigenvalue weighted by Crippen LogP contribution is 2.24. The molecule has 0 radical (unpaired) electrons. The molecule has 0 saturated heterocycles. The van der Waals surface area contributed by atoms with Gasteiger partial charge < -0.3 is 4.74 Å². The van der Waals surface area contributed by atoms with Crippen molar-refractivity contribution in [1.82, 2.24) is 0 Å². The Morgan fingerprint density at radius 3 is 0.955 bits per heavy atom. The molecule has 0 saturated carbocycles. The molecular weight excluding hydrogens is 657 g/mol. The van der Waals surface area contributed by atoms with E-state index in [2.05, 4.69) is 59.2 Å². The lowest BCUT2D eigenvalue weighted by Crippen LogP contribution is -1.73. The van der Waals surface area contributed by atoms with Crippen LogP contribution in [0.25, 0.3) is 0 Å². The van der Waals surface area contributed by atoms with E-state index in [4.69, 9.17) is 4.74 Å². The summed E-state index contributed by atoms with van der Waals surface area (Å²) in [4.78, 5) is 21.1. The van der Waals surface area contributed by atoms with E-state index in [9.17, 15) is 4.79 Å². The Morgan fingerprint density at radius 1 is 0.409 bits per heavy atom. The second-order valence-electron chi connectivity index (χ2n) is 8.55. The highest BCUT2D eigenvalue weighted by Gasteiger charge is 2.01. The van der Waals surface area contributed by atoms with Gasteiger partial charge in [-0.3, -0.25) is 4.79 Å². The first-order valence-electron chi connectivity index (χ1n) is 12.8. The van der Waals surface area contributed by atoms with Crippen LogP contribution in [0.15, 0.2) is 72.8 Å². The van der Waals surface area contributed by atoms with Gasteiger partial charge in [-0.15, -0.1) is 56.7 Å². The largest absolute Gasteiger partial charge is 0.487 e. The SMILES string of the molecule is COc1ccc(C#Cc2ccc(C#Cc3ccc(C#Cc4ccc(C#Cc5ccc(C#Cc6ccc(C=O)s6)s5)s4)s3)s2)s1. The van der Waals surface area contributed by atoms with Crippen molar-refractivity contribution in [3.8, 4) is 64.3 Å². The summed E-state index contributed by atoms with van der Waals surface area (Å²) < 4.78 is 5.22. The van der Waals surface area contributed by atoms with Gasteiger partial charge in [0.25, 0.3) is 0 Å². The lowest BCUT2D eigenvalue weighted by molar-refractivity contribution is 0.112. The van der Waals surface area contributed by atoms with Crippen molar-refractivity contribution in [2.75, 3.05) is 7.11 Å². The van der Waals surface area contributed by atoms with E-state index >= 15 is 0 Å². The lowest BCUT2D eigenvalue weighted by Gasteiger charge is -1.87. The standard InChI is InChI=1S/C36H16O2S6/c1-38-36-23-22-34(44-36)19-18-32-15-14-30(42-32)11-10-28-7-6-26(40-28)3-2-25-4-5-27(39-25)8-9-29-12-13-31(41-29)16-17-33-20-21-35(24-37)43-33/h4-7,12-15,20-24H,1H3. The zero-order chi connectivity index (χ0) is 30.1. The maximum Gasteiger partial charge on any atom is 0.174 e. The lowest BCUT2D eigenvalue weighted by atomic mass is 10.3. The fourth-order valence-corrected chi connectivity index (χ4v) is 7.69. The second kappa shape index (κ2) is 14.3. The molecule has 0 amide bonds. The summed E-state index contributed by atoms with van der Waals surface area (Å²) in [7, 11) is 1.66. The van der Waals surface area contributed by atoms with Crippen molar-refractivity contribution >= 4 is 74.3 Å². The molecule has 6 aromatic rings. The molecule has 0 bridgehead atoms. The normalized spacial score (nSPS) is 9.57. The Kier molecular flexibility index (Phi) is 9.60. The van der Waals surface area contributed by atoms with Gasteiger partial charge >= 0.3 is 0 Å². The van der Waals surface area contributed by atoms with Crippen molar-refractivity contribution in [3.05, 3.63) is 126 Å². The minimum Gasteiger partial charge on any atom is -0.487 e. The van der Waals surface area contributed by atoms with Crippen LogP contribution < -0.4 is 4.74 Å². The highest BCUT2D eigenvalue weighted by atomic mass is 32.1. The van der Waals surface area contributed by atoms with Gasteiger partial charge in [0.05, 0.1) is 60.8 Å². The van der Waals surface area contributed by atoms with E-state index in [1.165, 1.54) is 22.7 Å². The molecule has 0 aromatic carbocycles. The smallest absolute Gasteiger partial charge is 0.174 e. The van der Waals surface area contributed by atoms with Gasteiger partial charge in [0.15, 0.2) is 11.3 Å². The van der Waals surface area contributed by atoms with Crippen LogP contribution in [0.5, 0.6) is 5.06 Å². The van der Waals surface area contributed by atoms with E-state index in [0.29, 0.717) is 4.88 Å². The Balaban J connectivity index is 1.05. The van der Waals surface area contributed by atoms with Crippen molar-refractivity contribution in [2.45, 2.75) is 0 Å². The molecule has 0 fully saturated rings. The van der Waals surface area contributed by atoms with Crippen molar-refractivity contribution in [3.63, 3.8) is 0 Å². The van der Waals surface area contributed by atoms with E-state index in [-0.39, 0.29) is 0 Å². The number of rotatable bonds is 2. The molecule has 8 heteroatoms. The van der Waals surface area contributed by atoms with Crippen LogP contribution in [0, 0.1) is 59.2 Å². The van der Waals surface area contributed by atoms with Crippen LogP contribution in [0.4, 0.5) is 0 Å². The quantitative estimate of drug-likeness (QED) is 0.136. The first kappa shape index (κ1) is 29.5. The molecule has 208 valence electrons. The fourth-order valence-electron chi connectivity index (χ4n) is 3.49. The molecule has 0 aliphatic heterocycles. The minimum absolute atomic E-state index is 0.681. The van der Waals surface area contributed by atoms with Crippen LogP contribution in [-0.4, -0.2) is 13.4 Å². The maximum absolute atomic E-state index is 10.8. The molecule has 0 aliphatic carbocycles. The van der Waals surface area contributed by atoms with Gasteiger partial charge in [0.1, 0.15) is 0 Å². The van der Waals surface area contributed by atoms with E-state index in [0.717, 1.165) is 60.1 Å². The zero-order valence-corrected chi connectivity index (χ0v) is 27.7. The third kappa shape index (κ3) is 8.09. The highest BCUT2D eigenvalue weighted by molar-refractivity contribution is 7.15. The molecule has 0 atom stereocenters. The maximum atomic E-state index is 10.8. The average molecular weight is 673 g/mol. The van der Waals surface area contributed by atoms with Crippen molar-refractivity contribution < 1.29 is 9.53 Å². The minimum atomic E-state index is 0.681. The summed E-state index contributed by atoms with van der Waals surface area (Å²) in [5.41, 5.74) is 0. The van der Waals surface area contributed by atoms with E-state index in [1.54, 1.807) is 58.5 Å². The Hall–Kier alpha value is -4.53. The average Bonchev–Trinajstić information content (AvgIpc) is 3.88. The summed E-state index contributed by atoms with van der Waals surface area (Å²) in [6.45, 7) is 0. The first-order chi connectivity index (χ1) is 21.6. The molecule has 0 aliphatic rings. The molecular formula is C36H16O2S6. The second-order valence-corrected chi connectivity index (χ2v) is 15.0. The summed E-state index contributed by atoms with van der Waals surface area (Å²) in [5, 5.41) is 0.857. The molecule has 2 nitrogen and oxygen atoms in total. The molecule has 6 aromatic heterocycles. The first-order valence-corrected chi connectivity index (χ1v) is 17.7. The fraction of sp³-hybridized carbons (Fsp3) is 0.0278. The molecule has 6 rings (SSSR count). The number of methoxy groups -OCH3 is 1. The summed E-state index contributed by atoms with van der Waals surface area (Å²) >= 11 is 9.22. The molecule has 6 heterocycles. The van der Waals surface area contributed by atoms with Crippen LogP contribution in [-0.2, 0) is 0 Å². The number of ether oxygens (including phenoxy) is 1. The predicted molar refractivity (Wildman–Crippen MR) is 188 cm³/mol. The van der Waals surface area contributed by atoms with Gasteiger partial charge in [-0.05, 0) is 132 Å². The Bertz CT molecular complexity index is 2290. The van der Waals surface area contributed by atoms with Gasteiger partial charge in [-0.25, -0.2) is 0 Å². The van der Waals surface area contributed by atoms with Crippen LogP contribution >= 0.6 is 68.0 Å². The van der Waals surface area contributed by atoms with Crippen molar-refractivity contribution in [2.24, 2.45) is 0 Å². The van der Waals surface area contributed by atoms with Gasteiger partial charge in [-0.1, -0.05) is 11.3 Å². The number of aldehydes is 1. The third-order valence-electron chi connectivity index (χ3n) is 5.49. The van der Waals surface area contributed by atoms with Crippen LogP contribution in [0.3, 0.4) is 0 Å². The molecule has 0 spiro atoms. The van der Waals surface area contributed by atoms with Gasteiger partial charge in [0.2, 0.25) is 0 Å². The summed E-state index contributed by atoms with van der Waals surface area (Å²) in [6.07, 6.45) is 0.844. The number of carbonyl (C=O) groups is 1. The zero-order valence-electron chi connectivity index (χ0n) is 22.8. The number of hydrogen-bond donors (Lipinski definition) is 0. The van der Waals surface area contributed by atoms with Crippen LogP contribution in [0.2, 0.25) is 0 Å². The van der Waals surface area contributed by atoms with Gasteiger partial charge in [-0.2, -0.15) is 0 Å². The van der Waals surface area contributed by atoms with Crippen molar-refractivity contribution in [1.29, 1.82) is 0 Å². The molecule has 44 heavy (non-hydrogen) atoms. The van der Waals surface area contributed by atoms with Crippen LogP contribution in [0.1, 0.15) is 58.4 Å². The summed E-state index contributed by atoms with van der Waals surface area (Å²) in [6, 6.07) is 23.5. The topological polar surface area (TPSA) is 26.3 Å². The Morgan fingerprint density at radius 2 is 0.682 bits per heavy atom. The molecule has 0 N–H and O–H groups in total.